The number of ether oxygens (including phenoxy) is 1. The first kappa shape index (κ1) is 13.4. The summed E-state index contributed by atoms with van der Waals surface area (Å²) in [5.74, 6) is 0.104. The van der Waals surface area contributed by atoms with E-state index in [0.717, 1.165) is 0 Å². The van der Waals surface area contributed by atoms with E-state index in [1.165, 1.54) is 6.92 Å². The number of rotatable bonds is 3. The van der Waals surface area contributed by atoms with Crippen LogP contribution in [0.25, 0.3) is 0 Å². The zero-order chi connectivity index (χ0) is 14.4. The zero-order valence-electron chi connectivity index (χ0n) is 10.8. The van der Waals surface area contributed by atoms with Crippen molar-refractivity contribution in [1.82, 2.24) is 0 Å². The number of nitriles is 1. The minimum absolute atomic E-state index is 0.364. The van der Waals surface area contributed by atoms with Gasteiger partial charge in [0.1, 0.15) is 5.75 Å². The van der Waals surface area contributed by atoms with E-state index < -0.39 is 0 Å². The highest BCUT2D eigenvalue weighted by molar-refractivity contribution is 5.69. The second-order valence-corrected chi connectivity index (χ2v) is 3.95. The number of carbonyl (C=O) groups excluding carboxylic acids is 1. The fourth-order valence-corrected chi connectivity index (χ4v) is 1.46. The molecule has 2 rings (SSSR count). The van der Waals surface area contributed by atoms with Crippen LogP contribution in [0.4, 0.5) is 11.4 Å². The minimum Gasteiger partial charge on any atom is -0.427 e. The molecular weight excluding hydrogens is 254 g/mol. The fraction of sp³-hybridized carbons (Fsp3) is 0.0667. The average Bonchev–Trinajstić information content (AvgIpc) is 2.46. The van der Waals surface area contributed by atoms with Crippen LogP contribution in [0.1, 0.15) is 12.5 Å². The van der Waals surface area contributed by atoms with Gasteiger partial charge >= 0.3 is 5.97 Å². The minimum atomic E-state index is -0.364. The molecule has 0 aliphatic heterocycles. The molecule has 2 aromatic rings. The van der Waals surface area contributed by atoms with Gasteiger partial charge in [0.05, 0.1) is 23.0 Å². The van der Waals surface area contributed by atoms with Gasteiger partial charge < -0.3 is 4.74 Å². The van der Waals surface area contributed by atoms with E-state index in [0.29, 0.717) is 22.7 Å². The van der Waals surface area contributed by atoms with Crippen molar-refractivity contribution in [3.8, 4) is 11.8 Å². The maximum absolute atomic E-state index is 10.8. The molecule has 0 spiro atoms. The number of azo groups is 1. The van der Waals surface area contributed by atoms with E-state index >= 15 is 0 Å². The summed E-state index contributed by atoms with van der Waals surface area (Å²) in [6.45, 7) is 1.35. The molecule has 5 nitrogen and oxygen atoms in total. The van der Waals surface area contributed by atoms with Crippen LogP contribution >= 0.6 is 0 Å². The van der Waals surface area contributed by atoms with Crippen molar-refractivity contribution in [2.75, 3.05) is 0 Å². The molecule has 98 valence electrons. The lowest BCUT2D eigenvalue weighted by molar-refractivity contribution is -0.131. The molecule has 0 aliphatic carbocycles. The first-order chi connectivity index (χ1) is 9.67. The Bertz CT molecular complexity index is 668. The van der Waals surface area contributed by atoms with Gasteiger partial charge in [-0.3, -0.25) is 4.79 Å². The summed E-state index contributed by atoms with van der Waals surface area (Å²) < 4.78 is 4.92. The molecule has 0 saturated carbocycles. The van der Waals surface area contributed by atoms with E-state index in [9.17, 15) is 4.79 Å². The summed E-state index contributed by atoms with van der Waals surface area (Å²) in [7, 11) is 0. The second-order valence-electron chi connectivity index (χ2n) is 3.95. The molecule has 0 bridgehead atoms. The molecule has 0 aliphatic rings. The molecule has 0 atom stereocenters. The van der Waals surface area contributed by atoms with Crippen molar-refractivity contribution in [3.63, 3.8) is 0 Å². The van der Waals surface area contributed by atoms with Gasteiger partial charge in [0.2, 0.25) is 0 Å². The predicted molar refractivity (Wildman–Crippen MR) is 73.1 cm³/mol. The standard InChI is InChI=1S/C15H11N3O2/c1-11(19)20-15-8-6-14(7-9-15)18-17-13-4-2-12(10-16)3-5-13/h2-9H,1H3. The monoisotopic (exact) mass is 265 g/mol. The van der Waals surface area contributed by atoms with Crippen molar-refractivity contribution < 1.29 is 9.53 Å². The van der Waals surface area contributed by atoms with Crippen molar-refractivity contribution in [1.29, 1.82) is 5.26 Å². The van der Waals surface area contributed by atoms with Crippen LogP contribution in [0.2, 0.25) is 0 Å². The maximum atomic E-state index is 10.8. The fourth-order valence-electron chi connectivity index (χ4n) is 1.46. The van der Waals surface area contributed by atoms with E-state index in [4.69, 9.17) is 10.00 Å². The number of benzene rings is 2. The predicted octanol–water partition coefficient (Wildman–Crippen LogP) is 3.90. The van der Waals surface area contributed by atoms with Crippen LogP contribution in [-0.2, 0) is 4.79 Å². The summed E-state index contributed by atoms with van der Waals surface area (Å²) in [6.07, 6.45) is 0. The van der Waals surface area contributed by atoms with Crippen molar-refractivity contribution >= 4 is 17.3 Å². The Kier molecular flexibility index (Phi) is 4.20. The van der Waals surface area contributed by atoms with Gasteiger partial charge in [-0.1, -0.05) is 0 Å². The van der Waals surface area contributed by atoms with Crippen LogP contribution in [0.5, 0.6) is 5.75 Å². The summed E-state index contributed by atoms with van der Waals surface area (Å²) in [5, 5.41) is 16.8. The highest BCUT2D eigenvalue weighted by Gasteiger charge is 1.97. The van der Waals surface area contributed by atoms with Crippen LogP contribution in [0.15, 0.2) is 58.8 Å². The van der Waals surface area contributed by atoms with Gasteiger partial charge in [-0.2, -0.15) is 15.5 Å². The van der Waals surface area contributed by atoms with E-state index in [-0.39, 0.29) is 5.97 Å². The van der Waals surface area contributed by atoms with Crippen LogP contribution in [0, 0.1) is 11.3 Å². The largest absolute Gasteiger partial charge is 0.427 e. The Morgan fingerprint density at radius 2 is 1.50 bits per heavy atom. The average molecular weight is 265 g/mol. The number of esters is 1. The summed E-state index contributed by atoms with van der Waals surface area (Å²) in [6, 6.07) is 15.5. The van der Waals surface area contributed by atoms with Gasteiger partial charge in [0.15, 0.2) is 0 Å². The van der Waals surface area contributed by atoms with E-state index in [1.807, 2.05) is 6.07 Å². The molecule has 0 N–H and O–H groups in total. The third kappa shape index (κ3) is 3.75. The molecule has 2 aromatic carbocycles. The third-order valence-electron chi connectivity index (χ3n) is 2.38. The highest BCUT2D eigenvalue weighted by Crippen LogP contribution is 2.21. The topological polar surface area (TPSA) is 74.8 Å². The molecule has 5 heteroatoms. The summed E-state index contributed by atoms with van der Waals surface area (Å²) in [5.41, 5.74) is 1.88. The van der Waals surface area contributed by atoms with Crippen molar-refractivity contribution in [2.45, 2.75) is 6.92 Å². The number of nitrogens with zero attached hydrogens (tertiary/aromatic N) is 3. The van der Waals surface area contributed by atoms with Gasteiger partial charge in [-0.05, 0) is 48.5 Å². The lowest BCUT2D eigenvalue weighted by atomic mass is 10.2. The quantitative estimate of drug-likeness (QED) is 0.480. The maximum Gasteiger partial charge on any atom is 0.308 e. The van der Waals surface area contributed by atoms with Gasteiger partial charge in [-0.25, -0.2) is 0 Å². The van der Waals surface area contributed by atoms with Crippen LogP contribution in [0.3, 0.4) is 0 Å². The van der Waals surface area contributed by atoms with Crippen LogP contribution < -0.4 is 4.74 Å². The molecule has 0 amide bonds. The SMILES string of the molecule is CC(=O)Oc1ccc(N=Nc2ccc(C#N)cc2)cc1. The molecule has 0 heterocycles. The molecule has 0 unspecified atom stereocenters. The van der Waals surface area contributed by atoms with E-state index in [1.54, 1.807) is 48.5 Å². The van der Waals surface area contributed by atoms with Gasteiger partial charge in [-0.15, -0.1) is 0 Å². The van der Waals surface area contributed by atoms with Crippen molar-refractivity contribution in [2.24, 2.45) is 10.2 Å². The molecule has 0 fully saturated rings. The Hall–Kier alpha value is -3.00. The normalized spacial score (nSPS) is 10.2. The highest BCUT2D eigenvalue weighted by atomic mass is 16.5. The first-order valence-corrected chi connectivity index (χ1v) is 5.88. The number of hydrogen-bond acceptors (Lipinski definition) is 5. The van der Waals surface area contributed by atoms with E-state index in [2.05, 4.69) is 10.2 Å². The Labute approximate surface area is 116 Å². The Balaban J connectivity index is 2.07. The molecular formula is C15H11N3O2. The number of carbonyl (C=O) groups is 1. The second kappa shape index (κ2) is 6.25. The molecule has 0 saturated heterocycles. The smallest absolute Gasteiger partial charge is 0.308 e. The Morgan fingerprint density at radius 3 is 1.95 bits per heavy atom. The zero-order valence-corrected chi connectivity index (χ0v) is 10.8. The molecule has 0 aromatic heterocycles. The molecule has 20 heavy (non-hydrogen) atoms. The summed E-state index contributed by atoms with van der Waals surface area (Å²) >= 11 is 0. The lowest BCUT2D eigenvalue weighted by Gasteiger charge is -2.00. The third-order valence-corrected chi connectivity index (χ3v) is 2.38. The van der Waals surface area contributed by atoms with Gasteiger partial charge in [0.25, 0.3) is 0 Å². The number of hydrogen-bond donors (Lipinski definition) is 0. The lowest BCUT2D eigenvalue weighted by Crippen LogP contribution is -2.00. The first-order valence-electron chi connectivity index (χ1n) is 5.88. The Morgan fingerprint density at radius 1 is 1.00 bits per heavy atom. The molecule has 0 radical (unpaired) electrons. The van der Waals surface area contributed by atoms with Gasteiger partial charge in [0, 0.05) is 6.92 Å². The summed E-state index contributed by atoms with van der Waals surface area (Å²) in [4.78, 5) is 10.8. The van der Waals surface area contributed by atoms with Crippen molar-refractivity contribution in [3.05, 3.63) is 54.1 Å². The van der Waals surface area contributed by atoms with Crippen LogP contribution in [-0.4, -0.2) is 5.97 Å².